The number of fused-ring (bicyclic) bond motifs is 1. The molecule has 0 fully saturated rings. The highest BCUT2D eigenvalue weighted by Crippen LogP contribution is 2.08. The Kier molecular flexibility index (Phi) is 4.24. The quantitative estimate of drug-likeness (QED) is 0.687. The highest BCUT2D eigenvalue weighted by atomic mass is 16.4. The Balaban J connectivity index is 0.000000151. The Bertz CT molecular complexity index is 765. The van der Waals surface area contributed by atoms with Crippen LogP contribution in [0.25, 0.3) is 11.0 Å². The van der Waals surface area contributed by atoms with Crippen LogP contribution in [0.2, 0.25) is 0 Å². The standard InChI is InChI=1S/C9H6O2.C6H5NO2/c10-9-6-5-7-3-1-2-4-8(7)11-9;8-6(9)5-3-1-2-4-7-5/h1-6H;1-4H,(H,8,9). The summed E-state index contributed by atoms with van der Waals surface area (Å²) in [5, 5.41) is 9.27. The van der Waals surface area contributed by atoms with Crippen molar-refractivity contribution in [3.05, 3.63) is 76.9 Å². The molecule has 0 radical (unpaired) electrons. The van der Waals surface area contributed by atoms with Gasteiger partial charge in [0, 0.05) is 17.6 Å². The number of benzene rings is 1. The van der Waals surface area contributed by atoms with Crippen molar-refractivity contribution in [2.75, 3.05) is 0 Å². The molecular weight excluding hydrogens is 258 g/mol. The number of hydrogen-bond donors (Lipinski definition) is 1. The van der Waals surface area contributed by atoms with Gasteiger partial charge in [0.1, 0.15) is 11.3 Å². The number of carboxylic acids is 1. The summed E-state index contributed by atoms with van der Waals surface area (Å²) in [6.07, 6.45) is 1.45. The lowest BCUT2D eigenvalue weighted by Gasteiger charge is -1.91. The third-order valence-electron chi connectivity index (χ3n) is 2.41. The maximum atomic E-state index is 10.7. The number of nitrogens with zero attached hydrogens (tertiary/aromatic N) is 1. The first-order valence-corrected chi connectivity index (χ1v) is 5.80. The number of para-hydroxylation sites is 1. The van der Waals surface area contributed by atoms with Gasteiger partial charge < -0.3 is 9.52 Å². The summed E-state index contributed by atoms with van der Waals surface area (Å²) in [7, 11) is 0. The van der Waals surface area contributed by atoms with Crippen LogP contribution in [0.1, 0.15) is 10.5 Å². The molecule has 3 rings (SSSR count). The molecule has 0 amide bonds. The normalized spacial score (nSPS) is 9.60. The summed E-state index contributed by atoms with van der Waals surface area (Å²) in [5.74, 6) is -0.990. The fourth-order valence-corrected chi connectivity index (χ4v) is 1.50. The molecule has 0 aliphatic carbocycles. The van der Waals surface area contributed by atoms with Gasteiger partial charge in [-0.25, -0.2) is 14.6 Å². The molecule has 5 heteroatoms. The van der Waals surface area contributed by atoms with Gasteiger partial charge in [-0.05, 0) is 24.3 Å². The van der Waals surface area contributed by atoms with Crippen molar-refractivity contribution in [1.82, 2.24) is 4.98 Å². The van der Waals surface area contributed by atoms with Gasteiger partial charge in [0.15, 0.2) is 0 Å². The minimum absolute atomic E-state index is 0.0810. The van der Waals surface area contributed by atoms with Crippen molar-refractivity contribution in [2.24, 2.45) is 0 Å². The highest BCUT2D eigenvalue weighted by molar-refractivity contribution is 5.85. The van der Waals surface area contributed by atoms with Crippen LogP contribution in [0.4, 0.5) is 0 Å². The lowest BCUT2D eigenvalue weighted by molar-refractivity contribution is 0.0690. The van der Waals surface area contributed by atoms with Crippen LogP contribution < -0.4 is 5.63 Å². The lowest BCUT2D eigenvalue weighted by atomic mass is 10.2. The summed E-state index contributed by atoms with van der Waals surface area (Å²) in [4.78, 5) is 24.4. The smallest absolute Gasteiger partial charge is 0.354 e. The lowest BCUT2D eigenvalue weighted by Crippen LogP contribution is -1.97. The molecule has 1 aromatic carbocycles. The van der Waals surface area contributed by atoms with Crippen LogP contribution in [0, 0.1) is 0 Å². The minimum Gasteiger partial charge on any atom is -0.477 e. The molecule has 0 atom stereocenters. The molecule has 20 heavy (non-hydrogen) atoms. The first-order valence-electron chi connectivity index (χ1n) is 5.80. The largest absolute Gasteiger partial charge is 0.477 e. The van der Waals surface area contributed by atoms with E-state index in [1.807, 2.05) is 18.2 Å². The predicted octanol–water partition coefficient (Wildman–Crippen LogP) is 2.57. The molecule has 3 aromatic rings. The number of hydrogen-bond acceptors (Lipinski definition) is 4. The second kappa shape index (κ2) is 6.29. The fraction of sp³-hybridized carbons (Fsp3) is 0. The van der Waals surface area contributed by atoms with Gasteiger partial charge in [-0.3, -0.25) is 0 Å². The van der Waals surface area contributed by atoms with E-state index in [-0.39, 0.29) is 11.3 Å². The van der Waals surface area contributed by atoms with Crippen LogP contribution in [0.15, 0.2) is 70.0 Å². The number of aromatic carboxylic acids is 1. The first-order chi connectivity index (χ1) is 9.66. The molecule has 2 aromatic heterocycles. The summed E-state index contributed by atoms with van der Waals surface area (Å²) >= 11 is 0. The first kappa shape index (κ1) is 13.5. The van der Waals surface area contributed by atoms with Crippen molar-refractivity contribution in [1.29, 1.82) is 0 Å². The topological polar surface area (TPSA) is 80.4 Å². The van der Waals surface area contributed by atoms with E-state index in [0.717, 1.165) is 5.39 Å². The van der Waals surface area contributed by atoms with Gasteiger partial charge in [0.05, 0.1) is 0 Å². The Morgan fingerprint density at radius 2 is 1.75 bits per heavy atom. The third-order valence-corrected chi connectivity index (χ3v) is 2.41. The SMILES string of the molecule is O=C(O)c1ccccn1.O=c1ccc2ccccc2o1. The minimum atomic E-state index is -0.990. The van der Waals surface area contributed by atoms with E-state index in [9.17, 15) is 9.59 Å². The second-order valence-corrected chi connectivity index (χ2v) is 3.81. The van der Waals surface area contributed by atoms with Crippen LogP contribution in [0.3, 0.4) is 0 Å². The number of carbonyl (C=O) groups is 1. The maximum absolute atomic E-state index is 10.7. The number of aromatic nitrogens is 1. The highest BCUT2D eigenvalue weighted by Gasteiger charge is 1.98. The Hall–Kier alpha value is -2.95. The van der Waals surface area contributed by atoms with Crippen molar-refractivity contribution >= 4 is 16.9 Å². The van der Waals surface area contributed by atoms with Crippen LogP contribution >= 0.6 is 0 Å². The van der Waals surface area contributed by atoms with E-state index >= 15 is 0 Å². The molecule has 0 saturated heterocycles. The van der Waals surface area contributed by atoms with Crippen molar-refractivity contribution < 1.29 is 14.3 Å². The van der Waals surface area contributed by atoms with Gasteiger partial charge in [-0.1, -0.05) is 24.3 Å². The van der Waals surface area contributed by atoms with E-state index < -0.39 is 5.97 Å². The molecule has 100 valence electrons. The molecule has 5 nitrogen and oxygen atoms in total. The zero-order valence-corrected chi connectivity index (χ0v) is 10.4. The molecule has 0 bridgehead atoms. The second-order valence-electron chi connectivity index (χ2n) is 3.81. The van der Waals surface area contributed by atoms with E-state index in [1.54, 1.807) is 24.3 Å². The van der Waals surface area contributed by atoms with Crippen LogP contribution in [-0.2, 0) is 0 Å². The van der Waals surface area contributed by atoms with Crippen molar-refractivity contribution in [3.63, 3.8) is 0 Å². The van der Waals surface area contributed by atoms with Gasteiger partial charge >= 0.3 is 11.6 Å². The average Bonchev–Trinajstić information content (AvgIpc) is 2.48. The number of pyridine rings is 1. The summed E-state index contributed by atoms with van der Waals surface area (Å²) in [5.41, 5.74) is 0.418. The number of carboxylic acid groups (broad SMARTS) is 1. The Morgan fingerprint density at radius 1 is 1.00 bits per heavy atom. The van der Waals surface area contributed by atoms with Gasteiger partial charge in [-0.2, -0.15) is 0 Å². The van der Waals surface area contributed by atoms with Crippen LogP contribution in [0.5, 0.6) is 0 Å². The van der Waals surface area contributed by atoms with Crippen molar-refractivity contribution in [3.8, 4) is 0 Å². The molecule has 0 saturated carbocycles. The molecule has 0 aliphatic heterocycles. The Labute approximate surface area is 114 Å². The monoisotopic (exact) mass is 269 g/mol. The summed E-state index contributed by atoms with van der Waals surface area (Å²) in [6, 6.07) is 15.3. The molecule has 2 heterocycles. The summed E-state index contributed by atoms with van der Waals surface area (Å²) < 4.78 is 4.91. The molecule has 0 aliphatic rings. The third kappa shape index (κ3) is 3.52. The zero-order valence-electron chi connectivity index (χ0n) is 10.4. The average molecular weight is 269 g/mol. The van der Waals surface area contributed by atoms with Gasteiger partial charge in [0.25, 0.3) is 0 Å². The number of rotatable bonds is 1. The summed E-state index contributed by atoms with van der Waals surface area (Å²) in [6.45, 7) is 0. The van der Waals surface area contributed by atoms with Crippen LogP contribution in [-0.4, -0.2) is 16.1 Å². The van der Waals surface area contributed by atoms with Gasteiger partial charge in [-0.15, -0.1) is 0 Å². The molecule has 0 spiro atoms. The maximum Gasteiger partial charge on any atom is 0.354 e. The molecule has 0 unspecified atom stereocenters. The predicted molar refractivity (Wildman–Crippen MR) is 73.7 cm³/mol. The molecule has 1 N–H and O–H groups in total. The van der Waals surface area contributed by atoms with E-state index in [2.05, 4.69) is 4.98 Å². The van der Waals surface area contributed by atoms with Gasteiger partial charge in [0.2, 0.25) is 0 Å². The zero-order chi connectivity index (χ0) is 14.4. The van der Waals surface area contributed by atoms with E-state index in [4.69, 9.17) is 9.52 Å². The van der Waals surface area contributed by atoms with E-state index in [1.165, 1.54) is 18.3 Å². The Morgan fingerprint density at radius 3 is 2.40 bits per heavy atom. The van der Waals surface area contributed by atoms with Crippen molar-refractivity contribution in [2.45, 2.75) is 0 Å². The van der Waals surface area contributed by atoms with E-state index in [0.29, 0.717) is 5.58 Å². The molecular formula is C15H11NO4. The fourth-order valence-electron chi connectivity index (χ4n) is 1.50.